The molecule has 0 aliphatic rings. The highest BCUT2D eigenvalue weighted by atomic mass is 35.5. The van der Waals surface area contributed by atoms with Crippen molar-refractivity contribution in [2.75, 3.05) is 7.11 Å². The summed E-state index contributed by atoms with van der Waals surface area (Å²) < 4.78 is 25.2. The molecule has 1 heterocycles. The molecule has 0 fully saturated rings. The van der Waals surface area contributed by atoms with E-state index in [1.807, 2.05) is 30.3 Å². The van der Waals surface area contributed by atoms with Gasteiger partial charge in [-0.2, -0.15) is 0 Å². The number of methoxy groups -OCH3 is 1. The van der Waals surface area contributed by atoms with Crippen molar-refractivity contribution in [3.05, 3.63) is 87.4 Å². The number of nitrogens with zero attached hydrogens (tertiary/aromatic N) is 1. The highest BCUT2D eigenvalue weighted by molar-refractivity contribution is 6.32. The lowest BCUT2D eigenvalue weighted by molar-refractivity contribution is 0.280. The van der Waals surface area contributed by atoms with Crippen molar-refractivity contribution in [1.29, 1.82) is 0 Å². The maximum absolute atomic E-state index is 14.0. The van der Waals surface area contributed by atoms with Crippen LogP contribution in [0.5, 0.6) is 11.5 Å². The highest BCUT2D eigenvalue weighted by Gasteiger charge is 2.15. The molecular formula is C23H20Cl2FN3O2. The van der Waals surface area contributed by atoms with Crippen molar-refractivity contribution in [3.8, 4) is 11.5 Å². The molecular weight excluding hydrogens is 440 g/mol. The molecule has 8 heteroatoms. The Bertz CT molecular complexity index is 1160. The quantitative estimate of drug-likeness (QED) is 0.345. The SMILES string of the molecule is COc1cc(CNCc2nc3ccccc3[nH]2)cc(Cl)c1OCc1c(F)cccc1Cl. The summed E-state index contributed by atoms with van der Waals surface area (Å²) in [6, 6.07) is 16.0. The van der Waals surface area contributed by atoms with Gasteiger partial charge in [0.25, 0.3) is 0 Å². The average molecular weight is 460 g/mol. The fourth-order valence-electron chi connectivity index (χ4n) is 3.24. The number of hydrogen-bond donors (Lipinski definition) is 2. The van der Waals surface area contributed by atoms with Gasteiger partial charge in [0.05, 0.1) is 34.7 Å². The van der Waals surface area contributed by atoms with E-state index in [4.69, 9.17) is 32.7 Å². The van der Waals surface area contributed by atoms with Gasteiger partial charge in [0, 0.05) is 12.1 Å². The molecule has 0 radical (unpaired) electrons. The second-order valence-corrected chi connectivity index (χ2v) is 7.72. The van der Waals surface area contributed by atoms with Gasteiger partial charge in [0.15, 0.2) is 11.5 Å². The van der Waals surface area contributed by atoms with Crippen molar-refractivity contribution >= 4 is 34.2 Å². The summed E-state index contributed by atoms with van der Waals surface area (Å²) in [4.78, 5) is 7.83. The fourth-order valence-corrected chi connectivity index (χ4v) is 3.75. The fraction of sp³-hybridized carbons (Fsp3) is 0.174. The van der Waals surface area contributed by atoms with Gasteiger partial charge in [-0.3, -0.25) is 0 Å². The van der Waals surface area contributed by atoms with Crippen LogP contribution in [0.3, 0.4) is 0 Å². The van der Waals surface area contributed by atoms with Crippen molar-refractivity contribution < 1.29 is 13.9 Å². The van der Waals surface area contributed by atoms with E-state index in [1.54, 1.807) is 18.2 Å². The van der Waals surface area contributed by atoms with Crippen LogP contribution in [0.2, 0.25) is 10.0 Å². The molecule has 0 atom stereocenters. The maximum atomic E-state index is 14.0. The van der Waals surface area contributed by atoms with E-state index in [9.17, 15) is 4.39 Å². The molecule has 160 valence electrons. The van der Waals surface area contributed by atoms with E-state index in [2.05, 4.69) is 15.3 Å². The summed E-state index contributed by atoms with van der Waals surface area (Å²) in [5.74, 6) is 1.21. The Morgan fingerprint density at radius 1 is 1.03 bits per heavy atom. The molecule has 3 aromatic carbocycles. The molecule has 0 bridgehead atoms. The normalized spacial score (nSPS) is 11.1. The number of halogens is 3. The topological polar surface area (TPSA) is 59.2 Å². The number of aromatic amines is 1. The first-order chi connectivity index (χ1) is 15.0. The van der Waals surface area contributed by atoms with Crippen molar-refractivity contribution in [2.45, 2.75) is 19.7 Å². The number of aromatic nitrogens is 2. The van der Waals surface area contributed by atoms with Crippen LogP contribution in [-0.4, -0.2) is 17.1 Å². The standard InChI is InChI=1S/C23H20Cl2FN3O2/c1-30-21-10-14(11-27-12-22-28-19-7-2-3-8-20(19)29-22)9-17(25)23(21)31-13-15-16(24)5-4-6-18(15)26/h2-10,27H,11-13H2,1H3,(H,28,29). The monoisotopic (exact) mass is 459 g/mol. The highest BCUT2D eigenvalue weighted by Crippen LogP contribution is 2.37. The number of para-hydroxylation sites is 2. The summed E-state index contributed by atoms with van der Waals surface area (Å²) in [7, 11) is 1.53. The van der Waals surface area contributed by atoms with Crippen LogP contribution in [0, 0.1) is 5.82 Å². The smallest absolute Gasteiger partial charge is 0.180 e. The summed E-state index contributed by atoms with van der Waals surface area (Å²) in [6.07, 6.45) is 0. The van der Waals surface area contributed by atoms with E-state index < -0.39 is 5.82 Å². The van der Waals surface area contributed by atoms with Crippen LogP contribution >= 0.6 is 23.2 Å². The van der Waals surface area contributed by atoms with Crippen LogP contribution in [0.15, 0.2) is 54.6 Å². The zero-order valence-corrected chi connectivity index (χ0v) is 18.2. The maximum Gasteiger partial charge on any atom is 0.180 e. The molecule has 0 amide bonds. The minimum Gasteiger partial charge on any atom is -0.493 e. The Hall–Kier alpha value is -2.80. The Balaban J connectivity index is 1.43. The number of nitrogens with one attached hydrogen (secondary N) is 2. The summed E-state index contributed by atoms with van der Waals surface area (Å²) >= 11 is 12.5. The van der Waals surface area contributed by atoms with Gasteiger partial charge in [-0.15, -0.1) is 0 Å². The molecule has 0 saturated heterocycles. The van der Waals surface area contributed by atoms with E-state index in [-0.39, 0.29) is 12.2 Å². The number of rotatable bonds is 8. The number of H-pyrrole nitrogens is 1. The molecule has 0 saturated carbocycles. The molecule has 1 aromatic heterocycles. The predicted octanol–water partition coefficient (Wildman–Crippen LogP) is 5.89. The minimum atomic E-state index is -0.436. The molecule has 0 aliphatic heterocycles. The van der Waals surface area contributed by atoms with Crippen LogP contribution in [-0.2, 0) is 19.7 Å². The van der Waals surface area contributed by atoms with Gasteiger partial charge in [-0.1, -0.05) is 41.4 Å². The second kappa shape index (κ2) is 9.56. The molecule has 4 rings (SSSR count). The average Bonchev–Trinajstić information content (AvgIpc) is 3.17. The van der Waals surface area contributed by atoms with Gasteiger partial charge in [-0.05, 0) is 42.0 Å². The van der Waals surface area contributed by atoms with Gasteiger partial charge < -0.3 is 19.8 Å². The zero-order chi connectivity index (χ0) is 21.8. The van der Waals surface area contributed by atoms with E-state index in [0.29, 0.717) is 34.6 Å². The van der Waals surface area contributed by atoms with Gasteiger partial charge >= 0.3 is 0 Å². The Labute approximate surface area is 189 Å². The largest absolute Gasteiger partial charge is 0.493 e. The van der Waals surface area contributed by atoms with E-state index in [1.165, 1.54) is 13.2 Å². The number of hydrogen-bond acceptors (Lipinski definition) is 4. The number of ether oxygens (including phenoxy) is 2. The van der Waals surface area contributed by atoms with E-state index in [0.717, 1.165) is 22.4 Å². The molecule has 0 aliphatic carbocycles. The predicted molar refractivity (Wildman–Crippen MR) is 120 cm³/mol. The number of imidazole rings is 1. The second-order valence-electron chi connectivity index (χ2n) is 6.90. The van der Waals surface area contributed by atoms with E-state index >= 15 is 0 Å². The lowest BCUT2D eigenvalue weighted by Gasteiger charge is -2.15. The first-order valence-corrected chi connectivity index (χ1v) is 10.4. The minimum absolute atomic E-state index is 0.0642. The van der Waals surface area contributed by atoms with Crippen molar-refractivity contribution in [1.82, 2.24) is 15.3 Å². The number of fused-ring (bicyclic) bond motifs is 1. The van der Waals surface area contributed by atoms with Crippen LogP contribution in [0.1, 0.15) is 17.0 Å². The lowest BCUT2D eigenvalue weighted by Crippen LogP contribution is -2.14. The molecule has 2 N–H and O–H groups in total. The molecule has 0 unspecified atom stereocenters. The molecule has 5 nitrogen and oxygen atoms in total. The summed E-state index contributed by atoms with van der Waals surface area (Å²) in [6.45, 7) is 1.05. The number of benzene rings is 3. The van der Waals surface area contributed by atoms with Crippen LogP contribution in [0.4, 0.5) is 4.39 Å². The molecule has 31 heavy (non-hydrogen) atoms. The lowest BCUT2D eigenvalue weighted by atomic mass is 10.2. The van der Waals surface area contributed by atoms with Crippen LogP contribution < -0.4 is 14.8 Å². The van der Waals surface area contributed by atoms with Gasteiger partial charge in [-0.25, -0.2) is 9.37 Å². The summed E-state index contributed by atoms with van der Waals surface area (Å²) in [5.41, 5.74) is 3.11. The Morgan fingerprint density at radius 2 is 1.87 bits per heavy atom. The Kier molecular flexibility index (Phi) is 6.61. The summed E-state index contributed by atoms with van der Waals surface area (Å²) in [5, 5.41) is 3.99. The molecule has 4 aromatic rings. The van der Waals surface area contributed by atoms with Crippen LogP contribution in [0.25, 0.3) is 11.0 Å². The van der Waals surface area contributed by atoms with Gasteiger partial charge in [0.1, 0.15) is 18.2 Å². The Morgan fingerprint density at radius 3 is 2.65 bits per heavy atom. The van der Waals surface area contributed by atoms with Crippen molar-refractivity contribution in [2.24, 2.45) is 0 Å². The van der Waals surface area contributed by atoms with Gasteiger partial charge in [0.2, 0.25) is 0 Å². The third-order valence-corrected chi connectivity index (χ3v) is 5.41. The first kappa shape index (κ1) is 21.4. The van der Waals surface area contributed by atoms with Crippen molar-refractivity contribution in [3.63, 3.8) is 0 Å². The third kappa shape index (κ3) is 4.93. The molecule has 0 spiro atoms. The third-order valence-electron chi connectivity index (χ3n) is 4.77. The zero-order valence-electron chi connectivity index (χ0n) is 16.7. The first-order valence-electron chi connectivity index (χ1n) is 9.61.